The second-order valence-corrected chi connectivity index (χ2v) is 3.90. The number of rotatable bonds is 2. The second-order valence-electron chi connectivity index (χ2n) is 1.62. The van der Waals surface area contributed by atoms with Crippen LogP contribution in [-0.4, -0.2) is 0 Å². The number of halogens is 2. The lowest BCUT2D eigenvalue weighted by molar-refractivity contribution is 1.70. The van der Waals surface area contributed by atoms with E-state index in [1.165, 1.54) is 0 Å². The molecule has 0 radical (unpaired) electrons. The Morgan fingerprint density at radius 2 is 1.90 bits per heavy atom. The van der Waals surface area contributed by atoms with Gasteiger partial charge in [0.15, 0.2) is 0 Å². The standard InChI is InChI=1S/C7H8Br2S/c1-3-6(8)7(9)4-5(2)10/h3-4,10H,2H2,1H3/b6-3+,7-4+. The van der Waals surface area contributed by atoms with Gasteiger partial charge in [-0.3, -0.25) is 0 Å². The highest BCUT2D eigenvalue weighted by Crippen LogP contribution is 2.24. The van der Waals surface area contributed by atoms with Crippen molar-refractivity contribution >= 4 is 44.5 Å². The SMILES string of the molecule is C=C(S)/C=C(Br)\C(Br)=C/C. The van der Waals surface area contributed by atoms with Crippen molar-refractivity contribution in [1.82, 2.24) is 0 Å². The summed E-state index contributed by atoms with van der Waals surface area (Å²) in [6, 6.07) is 0. The quantitative estimate of drug-likeness (QED) is 0.575. The molecule has 0 N–H and O–H groups in total. The third-order valence-corrected chi connectivity index (χ3v) is 2.98. The van der Waals surface area contributed by atoms with E-state index in [-0.39, 0.29) is 0 Å². The molecule has 0 heterocycles. The molecule has 0 aliphatic heterocycles. The molecule has 0 aromatic rings. The van der Waals surface area contributed by atoms with Crippen LogP contribution in [-0.2, 0) is 0 Å². The number of hydrogen-bond donors (Lipinski definition) is 1. The first kappa shape index (κ1) is 10.5. The molecule has 0 saturated carbocycles. The summed E-state index contributed by atoms with van der Waals surface area (Å²) in [4.78, 5) is 0.727. The summed E-state index contributed by atoms with van der Waals surface area (Å²) in [5, 5.41) is 0. The normalized spacial score (nSPS) is 13.6. The molecule has 0 aliphatic rings. The lowest BCUT2D eigenvalue weighted by atomic mass is 10.4. The zero-order chi connectivity index (χ0) is 8.15. The Morgan fingerprint density at radius 1 is 1.40 bits per heavy atom. The molecule has 56 valence electrons. The minimum absolute atomic E-state index is 0.727. The smallest absolute Gasteiger partial charge is 0.0324 e. The van der Waals surface area contributed by atoms with Gasteiger partial charge in [0.25, 0.3) is 0 Å². The van der Waals surface area contributed by atoms with Crippen LogP contribution >= 0.6 is 44.5 Å². The molecular formula is C7H8Br2S. The Morgan fingerprint density at radius 3 is 2.20 bits per heavy atom. The zero-order valence-electron chi connectivity index (χ0n) is 5.56. The average Bonchev–Trinajstić information content (AvgIpc) is 1.85. The van der Waals surface area contributed by atoms with Crippen molar-refractivity contribution in [1.29, 1.82) is 0 Å². The minimum Gasteiger partial charge on any atom is -0.144 e. The molecule has 0 rings (SSSR count). The van der Waals surface area contributed by atoms with Crippen molar-refractivity contribution < 1.29 is 0 Å². The van der Waals surface area contributed by atoms with E-state index in [0.717, 1.165) is 13.9 Å². The Hall–Kier alpha value is 0.530. The van der Waals surface area contributed by atoms with Gasteiger partial charge in [0.2, 0.25) is 0 Å². The molecule has 0 aromatic heterocycles. The fourth-order valence-corrected chi connectivity index (χ4v) is 1.28. The van der Waals surface area contributed by atoms with E-state index in [4.69, 9.17) is 0 Å². The molecule has 3 heteroatoms. The van der Waals surface area contributed by atoms with Crippen LogP contribution in [0.1, 0.15) is 6.92 Å². The van der Waals surface area contributed by atoms with E-state index >= 15 is 0 Å². The first-order valence-electron chi connectivity index (χ1n) is 2.65. The predicted molar refractivity (Wildman–Crippen MR) is 57.8 cm³/mol. The third-order valence-electron chi connectivity index (χ3n) is 0.775. The first-order chi connectivity index (χ1) is 4.57. The monoisotopic (exact) mass is 282 g/mol. The topological polar surface area (TPSA) is 0 Å². The summed E-state index contributed by atoms with van der Waals surface area (Å²) in [5.41, 5.74) is 0. The van der Waals surface area contributed by atoms with Crippen LogP contribution in [0.2, 0.25) is 0 Å². The van der Waals surface area contributed by atoms with E-state index in [2.05, 4.69) is 51.1 Å². The van der Waals surface area contributed by atoms with E-state index < -0.39 is 0 Å². The van der Waals surface area contributed by atoms with Crippen molar-refractivity contribution in [3.8, 4) is 0 Å². The van der Waals surface area contributed by atoms with Crippen molar-refractivity contribution in [3.63, 3.8) is 0 Å². The number of allylic oxidation sites excluding steroid dienone is 4. The van der Waals surface area contributed by atoms with Crippen LogP contribution in [0.3, 0.4) is 0 Å². The maximum absolute atomic E-state index is 4.02. The maximum Gasteiger partial charge on any atom is 0.0324 e. The number of hydrogen-bond acceptors (Lipinski definition) is 1. The lowest BCUT2D eigenvalue weighted by Gasteiger charge is -1.94. The molecule has 0 aliphatic carbocycles. The van der Waals surface area contributed by atoms with E-state index in [1.54, 1.807) is 0 Å². The van der Waals surface area contributed by atoms with Gasteiger partial charge < -0.3 is 0 Å². The van der Waals surface area contributed by atoms with Gasteiger partial charge in [-0.2, -0.15) is 0 Å². The highest BCUT2D eigenvalue weighted by atomic mass is 79.9. The molecule has 0 unspecified atom stereocenters. The van der Waals surface area contributed by atoms with Crippen LogP contribution in [0, 0.1) is 0 Å². The van der Waals surface area contributed by atoms with Crippen LogP contribution < -0.4 is 0 Å². The van der Waals surface area contributed by atoms with Crippen LogP contribution in [0.4, 0.5) is 0 Å². The minimum atomic E-state index is 0.727. The molecule has 0 amide bonds. The average molecular weight is 284 g/mol. The molecule has 10 heavy (non-hydrogen) atoms. The molecule has 0 bridgehead atoms. The van der Waals surface area contributed by atoms with Gasteiger partial charge in [-0.05, 0) is 49.8 Å². The lowest BCUT2D eigenvalue weighted by Crippen LogP contribution is -1.69. The fraction of sp³-hybridized carbons (Fsp3) is 0.143. The first-order valence-corrected chi connectivity index (χ1v) is 4.68. The van der Waals surface area contributed by atoms with E-state index in [1.807, 2.05) is 19.1 Å². The van der Waals surface area contributed by atoms with Gasteiger partial charge in [-0.15, -0.1) is 12.6 Å². The van der Waals surface area contributed by atoms with Crippen molar-refractivity contribution in [3.05, 3.63) is 32.6 Å². The van der Waals surface area contributed by atoms with Gasteiger partial charge in [-0.25, -0.2) is 0 Å². The number of thiol groups is 1. The van der Waals surface area contributed by atoms with Crippen molar-refractivity contribution in [2.24, 2.45) is 0 Å². The Balaban J connectivity index is 4.35. The summed E-state index contributed by atoms with van der Waals surface area (Å²) in [5.74, 6) is 0. The molecule has 0 atom stereocenters. The molecule has 0 fully saturated rings. The highest BCUT2D eigenvalue weighted by molar-refractivity contribution is 9.15. The summed E-state index contributed by atoms with van der Waals surface area (Å²) in [6.07, 6.45) is 3.77. The zero-order valence-corrected chi connectivity index (χ0v) is 9.63. The third kappa shape index (κ3) is 4.36. The maximum atomic E-state index is 4.02. The Kier molecular flexibility index (Phi) is 5.49. The largest absolute Gasteiger partial charge is 0.144 e. The molecule has 0 spiro atoms. The van der Waals surface area contributed by atoms with E-state index in [0.29, 0.717) is 0 Å². The van der Waals surface area contributed by atoms with E-state index in [9.17, 15) is 0 Å². The highest BCUT2D eigenvalue weighted by Gasteiger charge is 1.93. The second kappa shape index (κ2) is 5.22. The summed E-state index contributed by atoms with van der Waals surface area (Å²) >= 11 is 10.7. The van der Waals surface area contributed by atoms with Gasteiger partial charge in [0.1, 0.15) is 0 Å². The summed E-state index contributed by atoms with van der Waals surface area (Å²) in [7, 11) is 0. The van der Waals surface area contributed by atoms with Gasteiger partial charge in [0, 0.05) is 8.96 Å². The van der Waals surface area contributed by atoms with Gasteiger partial charge >= 0.3 is 0 Å². The summed E-state index contributed by atoms with van der Waals surface area (Å²) in [6.45, 7) is 5.57. The van der Waals surface area contributed by atoms with Gasteiger partial charge in [0.05, 0.1) is 0 Å². The molecule has 0 saturated heterocycles. The Labute approximate surface area is 83.8 Å². The van der Waals surface area contributed by atoms with Crippen molar-refractivity contribution in [2.75, 3.05) is 0 Å². The van der Waals surface area contributed by atoms with Crippen molar-refractivity contribution in [2.45, 2.75) is 6.92 Å². The van der Waals surface area contributed by atoms with Crippen LogP contribution in [0.15, 0.2) is 32.6 Å². The molecule has 0 aromatic carbocycles. The summed E-state index contributed by atoms with van der Waals surface area (Å²) < 4.78 is 1.96. The Bertz CT molecular complexity index is 192. The molecule has 0 nitrogen and oxygen atoms in total. The van der Waals surface area contributed by atoms with Crippen LogP contribution in [0.25, 0.3) is 0 Å². The van der Waals surface area contributed by atoms with Crippen LogP contribution in [0.5, 0.6) is 0 Å². The predicted octanol–water partition coefficient (Wildman–Crippen LogP) is 4.01. The van der Waals surface area contributed by atoms with Gasteiger partial charge in [-0.1, -0.05) is 12.7 Å². The fourth-order valence-electron chi connectivity index (χ4n) is 0.353. The molecular weight excluding hydrogens is 276 g/mol.